The van der Waals surface area contributed by atoms with Gasteiger partial charge in [0.25, 0.3) is 5.91 Å². The molecule has 0 radical (unpaired) electrons. The second kappa shape index (κ2) is 7.37. The zero-order chi connectivity index (χ0) is 19.7. The number of furan rings is 1. The lowest BCUT2D eigenvalue weighted by Crippen LogP contribution is -2.38. The van der Waals surface area contributed by atoms with Crippen molar-refractivity contribution in [3.05, 3.63) is 63.3 Å². The van der Waals surface area contributed by atoms with Crippen LogP contribution in [0.3, 0.4) is 0 Å². The number of carbonyl (C=O) groups is 2. The van der Waals surface area contributed by atoms with Crippen LogP contribution in [0.25, 0.3) is 5.88 Å². The van der Waals surface area contributed by atoms with E-state index in [0.717, 1.165) is 12.0 Å². The monoisotopic (exact) mass is 395 g/mol. The SMILES string of the molecule is Cc1oc(-n2cccc2)c(C#N)c1C(=O)OCC(=O)N1CCc2sccc2C1. The van der Waals surface area contributed by atoms with Crippen LogP contribution in [-0.2, 0) is 22.5 Å². The van der Waals surface area contributed by atoms with Gasteiger partial charge >= 0.3 is 5.97 Å². The third-order valence-electron chi connectivity index (χ3n) is 4.71. The van der Waals surface area contributed by atoms with Crippen molar-refractivity contribution < 1.29 is 18.7 Å². The molecule has 0 atom stereocenters. The van der Waals surface area contributed by atoms with E-state index in [4.69, 9.17) is 9.15 Å². The first-order valence-electron chi connectivity index (χ1n) is 8.75. The third kappa shape index (κ3) is 3.21. The molecule has 0 saturated heterocycles. The molecule has 0 aromatic carbocycles. The van der Waals surface area contributed by atoms with Crippen molar-refractivity contribution in [1.82, 2.24) is 9.47 Å². The number of esters is 1. The Hall–Kier alpha value is -3.31. The molecule has 1 aliphatic rings. The van der Waals surface area contributed by atoms with Crippen LogP contribution >= 0.6 is 11.3 Å². The average molecular weight is 395 g/mol. The highest BCUT2D eigenvalue weighted by Crippen LogP contribution is 2.27. The summed E-state index contributed by atoms with van der Waals surface area (Å²) in [5.41, 5.74) is 1.29. The number of ether oxygens (including phenoxy) is 1. The Morgan fingerprint density at radius 3 is 2.89 bits per heavy atom. The molecule has 3 aromatic heterocycles. The van der Waals surface area contributed by atoms with Gasteiger partial charge in [0, 0.05) is 30.4 Å². The van der Waals surface area contributed by atoms with Gasteiger partial charge in [-0.05, 0) is 42.5 Å². The van der Waals surface area contributed by atoms with Gasteiger partial charge in [0.15, 0.2) is 6.61 Å². The van der Waals surface area contributed by atoms with Gasteiger partial charge in [0.2, 0.25) is 5.88 Å². The van der Waals surface area contributed by atoms with Gasteiger partial charge < -0.3 is 14.1 Å². The molecule has 7 nitrogen and oxygen atoms in total. The van der Waals surface area contributed by atoms with Gasteiger partial charge in [-0.2, -0.15) is 5.26 Å². The fourth-order valence-electron chi connectivity index (χ4n) is 3.28. The summed E-state index contributed by atoms with van der Waals surface area (Å²) in [5, 5.41) is 11.5. The van der Waals surface area contributed by atoms with Crippen LogP contribution < -0.4 is 0 Å². The second-order valence-electron chi connectivity index (χ2n) is 6.43. The van der Waals surface area contributed by atoms with Crippen molar-refractivity contribution in [1.29, 1.82) is 5.26 Å². The summed E-state index contributed by atoms with van der Waals surface area (Å²) in [6.45, 7) is 2.36. The van der Waals surface area contributed by atoms with Crippen molar-refractivity contribution >= 4 is 23.2 Å². The van der Waals surface area contributed by atoms with Gasteiger partial charge in [-0.3, -0.25) is 9.36 Å². The molecule has 4 rings (SSSR count). The summed E-state index contributed by atoms with van der Waals surface area (Å²) in [4.78, 5) is 28.0. The van der Waals surface area contributed by atoms with E-state index in [0.29, 0.717) is 13.1 Å². The number of aromatic nitrogens is 1. The molecule has 0 spiro atoms. The molecule has 28 heavy (non-hydrogen) atoms. The van der Waals surface area contributed by atoms with Gasteiger partial charge in [-0.25, -0.2) is 4.79 Å². The highest BCUT2D eigenvalue weighted by Gasteiger charge is 2.27. The van der Waals surface area contributed by atoms with E-state index in [1.807, 2.05) is 17.5 Å². The Labute approximate surface area is 165 Å². The number of thiophene rings is 1. The zero-order valence-electron chi connectivity index (χ0n) is 15.2. The molecular formula is C20H17N3O4S. The van der Waals surface area contributed by atoms with Crippen LogP contribution in [0.4, 0.5) is 0 Å². The Kier molecular flexibility index (Phi) is 4.75. The van der Waals surface area contributed by atoms with Gasteiger partial charge in [-0.1, -0.05) is 0 Å². The molecular weight excluding hydrogens is 378 g/mol. The summed E-state index contributed by atoms with van der Waals surface area (Å²) in [7, 11) is 0. The predicted molar refractivity (Wildman–Crippen MR) is 101 cm³/mol. The van der Waals surface area contributed by atoms with Crippen LogP contribution in [0, 0.1) is 18.3 Å². The Morgan fingerprint density at radius 1 is 1.36 bits per heavy atom. The molecule has 4 heterocycles. The smallest absolute Gasteiger partial charge is 0.343 e. The lowest BCUT2D eigenvalue weighted by molar-refractivity contribution is -0.135. The van der Waals surface area contributed by atoms with Crippen molar-refractivity contribution in [2.24, 2.45) is 0 Å². The maximum absolute atomic E-state index is 12.6. The first-order valence-corrected chi connectivity index (χ1v) is 9.63. The van der Waals surface area contributed by atoms with E-state index in [1.165, 1.54) is 4.88 Å². The van der Waals surface area contributed by atoms with Crippen LogP contribution in [0.1, 0.15) is 32.1 Å². The maximum atomic E-state index is 12.6. The predicted octanol–water partition coefficient (Wildman–Crippen LogP) is 3.05. The molecule has 0 fully saturated rings. The summed E-state index contributed by atoms with van der Waals surface area (Å²) < 4.78 is 12.4. The molecule has 8 heteroatoms. The number of hydrogen-bond donors (Lipinski definition) is 0. The maximum Gasteiger partial charge on any atom is 0.343 e. The normalized spacial score (nSPS) is 13.1. The van der Waals surface area contributed by atoms with Crippen molar-refractivity contribution in [2.75, 3.05) is 13.2 Å². The average Bonchev–Trinajstić information content (AvgIpc) is 3.43. The van der Waals surface area contributed by atoms with Crippen molar-refractivity contribution in [2.45, 2.75) is 19.9 Å². The molecule has 1 amide bonds. The summed E-state index contributed by atoms with van der Waals surface area (Å²) >= 11 is 1.70. The topological polar surface area (TPSA) is 88.5 Å². The summed E-state index contributed by atoms with van der Waals surface area (Å²) in [6.07, 6.45) is 4.24. The van der Waals surface area contributed by atoms with Crippen LogP contribution in [0.2, 0.25) is 0 Å². The third-order valence-corrected chi connectivity index (χ3v) is 5.73. The Balaban J connectivity index is 1.46. The first-order chi connectivity index (χ1) is 13.6. The first kappa shape index (κ1) is 18.1. The zero-order valence-corrected chi connectivity index (χ0v) is 16.0. The number of nitriles is 1. The number of nitrogens with zero attached hydrogens (tertiary/aromatic N) is 3. The van der Waals surface area contributed by atoms with Crippen LogP contribution in [0.15, 0.2) is 40.4 Å². The largest absolute Gasteiger partial charge is 0.452 e. The summed E-state index contributed by atoms with van der Waals surface area (Å²) in [5.74, 6) is -0.462. The molecule has 0 unspecified atom stereocenters. The van der Waals surface area contributed by atoms with E-state index < -0.39 is 5.97 Å². The fourth-order valence-corrected chi connectivity index (χ4v) is 4.17. The molecule has 1 aliphatic heterocycles. The number of rotatable bonds is 4. The standard InChI is InChI=1S/C20H17N3O4S/c1-13-18(15(10-21)19(27-13)22-6-2-3-7-22)20(25)26-12-17(24)23-8-4-16-14(11-23)5-9-28-16/h2-3,5-7,9H,4,8,11-12H2,1H3. The van der Waals surface area contributed by atoms with E-state index in [9.17, 15) is 14.9 Å². The number of fused-ring (bicyclic) bond motifs is 1. The Bertz CT molecular complexity index is 1070. The number of hydrogen-bond acceptors (Lipinski definition) is 6. The van der Waals surface area contributed by atoms with Gasteiger partial charge in [0.05, 0.1) is 0 Å². The minimum absolute atomic E-state index is 0.0535. The van der Waals surface area contributed by atoms with Crippen molar-refractivity contribution in [3.8, 4) is 12.0 Å². The molecule has 0 aliphatic carbocycles. The molecule has 142 valence electrons. The van der Waals surface area contributed by atoms with Crippen molar-refractivity contribution in [3.63, 3.8) is 0 Å². The fraction of sp³-hybridized carbons (Fsp3) is 0.250. The van der Waals surface area contributed by atoms with Crippen LogP contribution in [-0.4, -0.2) is 34.5 Å². The van der Waals surface area contributed by atoms with Crippen LogP contribution in [0.5, 0.6) is 0 Å². The quantitative estimate of drug-likeness (QED) is 0.634. The van der Waals surface area contributed by atoms with E-state index in [2.05, 4.69) is 0 Å². The minimum atomic E-state index is -0.738. The number of carbonyl (C=O) groups excluding carboxylic acids is 2. The van der Waals surface area contributed by atoms with E-state index in [-0.39, 0.29) is 35.3 Å². The van der Waals surface area contributed by atoms with Gasteiger partial charge in [0.1, 0.15) is 23.0 Å². The molecule has 3 aromatic rings. The number of aryl methyl sites for hydroxylation is 1. The van der Waals surface area contributed by atoms with E-state index >= 15 is 0 Å². The Morgan fingerprint density at radius 2 is 2.14 bits per heavy atom. The number of amides is 1. The second-order valence-corrected chi connectivity index (χ2v) is 7.43. The molecule has 0 bridgehead atoms. The minimum Gasteiger partial charge on any atom is -0.452 e. The lowest BCUT2D eigenvalue weighted by atomic mass is 10.1. The summed E-state index contributed by atoms with van der Waals surface area (Å²) in [6, 6.07) is 7.59. The lowest BCUT2D eigenvalue weighted by Gasteiger charge is -2.26. The molecule has 0 N–H and O–H groups in total. The van der Waals surface area contributed by atoms with E-state index in [1.54, 1.807) is 52.3 Å². The highest BCUT2D eigenvalue weighted by atomic mass is 32.1. The molecule has 0 saturated carbocycles. The van der Waals surface area contributed by atoms with Gasteiger partial charge in [-0.15, -0.1) is 11.3 Å². The highest BCUT2D eigenvalue weighted by molar-refractivity contribution is 7.10.